The highest BCUT2D eigenvalue weighted by molar-refractivity contribution is 5.94. The maximum absolute atomic E-state index is 12.5. The third-order valence-corrected chi connectivity index (χ3v) is 4.60. The Kier molecular flexibility index (Phi) is 6.42. The van der Waals surface area contributed by atoms with Crippen molar-refractivity contribution in [2.24, 2.45) is 0 Å². The van der Waals surface area contributed by atoms with Crippen LogP contribution >= 0.6 is 0 Å². The molecular formula is C21H28N4O2. The second kappa shape index (κ2) is 8.97. The zero-order chi connectivity index (χ0) is 19.2. The number of likely N-dealkylation sites (N-methyl/N-ethyl adjacent to an activating group) is 1. The van der Waals surface area contributed by atoms with Gasteiger partial charge in [-0.1, -0.05) is 6.07 Å². The fraction of sp³-hybridized carbons (Fsp3) is 0.429. The first-order valence-corrected chi connectivity index (χ1v) is 9.37. The quantitative estimate of drug-likeness (QED) is 0.738. The van der Waals surface area contributed by atoms with Crippen molar-refractivity contribution in [3.8, 4) is 11.5 Å². The number of aromatic nitrogens is 1. The SMILES string of the molecule is CN(C)Cc1ccc(C(=O)NCCN(C)C2CC2)cc1Oc1cccnc1. The molecule has 3 rings (SSSR count). The molecule has 0 aliphatic heterocycles. The number of nitrogens with one attached hydrogen (secondary N) is 1. The van der Waals surface area contributed by atoms with Gasteiger partial charge in [-0.2, -0.15) is 0 Å². The van der Waals surface area contributed by atoms with E-state index in [-0.39, 0.29) is 5.91 Å². The zero-order valence-electron chi connectivity index (χ0n) is 16.3. The van der Waals surface area contributed by atoms with Crippen molar-refractivity contribution in [3.05, 3.63) is 53.9 Å². The third kappa shape index (κ3) is 5.77. The lowest BCUT2D eigenvalue weighted by molar-refractivity contribution is 0.0949. The predicted octanol–water partition coefficient (Wildman–Crippen LogP) is 2.76. The average Bonchev–Trinajstić information content (AvgIpc) is 3.48. The molecule has 0 bridgehead atoms. The Bertz CT molecular complexity index is 760. The molecule has 144 valence electrons. The van der Waals surface area contributed by atoms with E-state index in [1.54, 1.807) is 12.4 Å². The zero-order valence-corrected chi connectivity index (χ0v) is 16.3. The lowest BCUT2D eigenvalue weighted by atomic mass is 10.1. The Labute approximate surface area is 161 Å². The van der Waals surface area contributed by atoms with E-state index in [4.69, 9.17) is 4.74 Å². The van der Waals surface area contributed by atoms with Gasteiger partial charge in [-0.25, -0.2) is 0 Å². The minimum absolute atomic E-state index is 0.0772. The second-order valence-corrected chi connectivity index (χ2v) is 7.32. The van der Waals surface area contributed by atoms with E-state index in [9.17, 15) is 4.79 Å². The number of benzene rings is 1. The van der Waals surface area contributed by atoms with Crippen LogP contribution in [0.2, 0.25) is 0 Å². The number of pyridine rings is 1. The number of ether oxygens (including phenoxy) is 1. The molecule has 1 fully saturated rings. The maximum Gasteiger partial charge on any atom is 0.251 e. The summed E-state index contributed by atoms with van der Waals surface area (Å²) in [6.45, 7) is 2.24. The Balaban J connectivity index is 1.69. The maximum atomic E-state index is 12.5. The fourth-order valence-electron chi connectivity index (χ4n) is 2.94. The number of carbonyl (C=O) groups is 1. The number of amides is 1. The second-order valence-electron chi connectivity index (χ2n) is 7.32. The van der Waals surface area contributed by atoms with Gasteiger partial charge in [0, 0.05) is 43.0 Å². The summed E-state index contributed by atoms with van der Waals surface area (Å²) in [5, 5.41) is 3.00. The van der Waals surface area contributed by atoms with E-state index in [0.29, 0.717) is 29.6 Å². The molecule has 0 atom stereocenters. The van der Waals surface area contributed by atoms with Gasteiger partial charge in [0.05, 0.1) is 6.20 Å². The number of carbonyl (C=O) groups excluding carboxylic acids is 1. The van der Waals surface area contributed by atoms with Crippen LogP contribution in [0.1, 0.15) is 28.8 Å². The molecule has 2 aromatic rings. The molecule has 1 saturated carbocycles. The monoisotopic (exact) mass is 368 g/mol. The van der Waals surface area contributed by atoms with E-state index < -0.39 is 0 Å². The van der Waals surface area contributed by atoms with Crippen LogP contribution in [0.25, 0.3) is 0 Å². The van der Waals surface area contributed by atoms with Crippen LogP contribution in [-0.4, -0.2) is 61.0 Å². The Morgan fingerprint density at radius 2 is 2.07 bits per heavy atom. The molecule has 6 heteroatoms. The average molecular weight is 368 g/mol. The highest BCUT2D eigenvalue weighted by atomic mass is 16.5. The number of hydrogen-bond acceptors (Lipinski definition) is 5. The van der Waals surface area contributed by atoms with Crippen LogP contribution in [-0.2, 0) is 6.54 Å². The smallest absolute Gasteiger partial charge is 0.251 e. The fourth-order valence-corrected chi connectivity index (χ4v) is 2.94. The summed E-state index contributed by atoms with van der Waals surface area (Å²) in [7, 11) is 6.12. The topological polar surface area (TPSA) is 57.7 Å². The van der Waals surface area contributed by atoms with Crippen molar-refractivity contribution in [3.63, 3.8) is 0 Å². The Morgan fingerprint density at radius 3 is 2.74 bits per heavy atom. The van der Waals surface area contributed by atoms with Crippen LogP contribution in [0.15, 0.2) is 42.7 Å². The molecule has 1 N–H and O–H groups in total. The van der Waals surface area contributed by atoms with Gasteiger partial charge in [-0.3, -0.25) is 9.78 Å². The minimum atomic E-state index is -0.0772. The van der Waals surface area contributed by atoms with Gasteiger partial charge >= 0.3 is 0 Å². The van der Waals surface area contributed by atoms with Gasteiger partial charge in [0.15, 0.2) is 0 Å². The van der Waals surface area contributed by atoms with E-state index in [1.807, 2.05) is 44.4 Å². The minimum Gasteiger partial charge on any atom is -0.455 e. The molecule has 1 aromatic carbocycles. The van der Waals surface area contributed by atoms with E-state index in [1.165, 1.54) is 12.8 Å². The van der Waals surface area contributed by atoms with Crippen LogP contribution in [0.5, 0.6) is 11.5 Å². The van der Waals surface area contributed by atoms with Crippen LogP contribution in [0.4, 0.5) is 0 Å². The molecule has 0 radical (unpaired) electrons. The van der Waals surface area contributed by atoms with Gasteiger partial charge < -0.3 is 19.9 Å². The molecule has 1 aliphatic carbocycles. The normalized spacial score (nSPS) is 13.8. The van der Waals surface area contributed by atoms with Crippen molar-refractivity contribution in [2.75, 3.05) is 34.2 Å². The van der Waals surface area contributed by atoms with Crippen molar-refractivity contribution >= 4 is 5.91 Å². The highest BCUT2D eigenvalue weighted by Crippen LogP contribution is 2.27. The lowest BCUT2D eigenvalue weighted by Crippen LogP contribution is -2.34. The number of hydrogen-bond donors (Lipinski definition) is 1. The van der Waals surface area contributed by atoms with Gasteiger partial charge in [0.1, 0.15) is 11.5 Å². The summed E-state index contributed by atoms with van der Waals surface area (Å²) in [6.07, 6.45) is 5.91. The van der Waals surface area contributed by atoms with E-state index in [2.05, 4.69) is 27.1 Å². The summed E-state index contributed by atoms with van der Waals surface area (Å²) >= 11 is 0. The predicted molar refractivity (Wildman–Crippen MR) is 106 cm³/mol. The summed E-state index contributed by atoms with van der Waals surface area (Å²) in [4.78, 5) is 21.0. The number of nitrogens with zero attached hydrogens (tertiary/aromatic N) is 3. The molecule has 1 heterocycles. The first-order valence-electron chi connectivity index (χ1n) is 9.37. The van der Waals surface area contributed by atoms with Crippen molar-refractivity contribution in [1.29, 1.82) is 0 Å². The Morgan fingerprint density at radius 1 is 1.26 bits per heavy atom. The molecule has 0 spiro atoms. The standard InChI is InChI=1S/C21H28N4O2/c1-24(2)15-17-7-6-16(13-20(17)27-19-5-4-10-22-14-19)21(26)23-11-12-25(3)18-8-9-18/h4-7,10,13-14,18H,8-9,11-12,15H2,1-3H3,(H,23,26). The molecule has 1 aliphatic rings. The van der Waals surface area contributed by atoms with Crippen molar-refractivity contribution in [2.45, 2.75) is 25.4 Å². The van der Waals surface area contributed by atoms with Gasteiger partial charge in [-0.05, 0) is 58.3 Å². The van der Waals surface area contributed by atoms with Gasteiger partial charge in [0.25, 0.3) is 5.91 Å². The molecular weight excluding hydrogens is 340 g/mol. The first kappa shape index (κ1) is 19.3. The summed E-state index contributed by atoms with van der Waals surface area (Å²) < 4.78 is 6.01. The first-order chi connectivity index (χ1) is 13.0. The molecule has 1 amide bonds. The third-order valence-electron chi connectivity index (χ3n) is 4.60. The van der Waals surface area contributed by atoms with Gasteiger partial charge in [-0.15, -0.1) is 0 Å². The van der Waals surface area contributed by atoms with E-state index >= 15 is 0 Å². The molecule has 6 nitrogen and oxygen atoms in total. The largest absolute Gasteiger partial charge is 0.455 e. The van der Waals surface area contributed by atoms with Crippen LogP contribution in [0.3, 0.4) is 0 Å². The lowest BCUT2D eigenvalue weighted by Gasteiger charge is -2.17. The number of rotatable bonds is 9. The molecule has 27 heavy (non-hydrogen) atoms. The van der Waals surface area contributed by atoms with E-state index in [0.717, 1.165) is 18.7 Å². The summed E-state index contributed by atoms with van der Waals surface area (Å²) in [6, 6.07) is 10.0. The highest BCUT2D eigenvalue weighted by Gasteiger charge is 2.25. The summed E-state index contributed by atoms with van der Waals surface area (Å²) in [5.74, 6) is 1.26. The summed E-state index contributed by atoms with van der Waals surface area (Å²) in [5.41, 5.74) is 1.62. The van der Waals surface area contributed by atoms with Crippen molar-refractivity contribution < 1.29 is 9.53 Å². The van der Waals surface area contributed by atoms with Gasteiger partial charge in [0.2, 0.25) is 0 Å². The van der Waals surface area contributed by atoms with Crippen LogP contribution in [0, 0.1) is 0 Å². The van der Waals surface area contributed by atoms with Crippen LogP contribution < -0.4 is 10.1 Å². The Hall–Kier alpha value is -2.44. The molecule has 0 saturated heterocycles. The molecule has 1 aromatic heterocycles. The molecule has 0 unspecified atom stereocenters. The van der Waals surface area contributed by atoms with Crippen molar-refractivity contribution in [1.82, 2.24) is 20.1 Å².